The first-order valence-corrected chi connectivity index (χ1v) is 10.7. The number of carbonyl (C=O) groups excluding carboxylic acids is 3. The molecule has 3 amide bonds. The molecule has 0 spiro atoms. The van der Waals surface area contributed by atoms with Gasteiger partial charge in [-0.3, -0.25) is 19.8 Å². The fraction of sp³-hybridized carbons (Fsp3) is 0.545. The molecular formula is C22H31N5O3. The van der Waals surface area contributed by atoms with E-state index in [0.29, 0.717) is 25.1 Å². The van der Waals surface area contributed by atoms with Crippen molar-refractivity contribution in [3.8, 4) is 0 Å². The first-order valence-electron chi connectivity index (χ1n) is 10.7. The zero-order valence-corrected chi connectivity index (χ0v) is 17.4. The fourth-order valence-corrected chi connectivity index (χ4v) is 4.28. The van der Waals surface area contributed by atoms with Gasteiger partial charge in [0.05, 0.1) is 0 Å². The van der Waals surface area contributed by atoms with Gasteiger partial charge in [-0.05, 0) is 30.7 Å². The largest absolute Gasteiger partial charge is 0.384 e. The van der Waals surface area contributed by atoms with Gasteiger partial charge in [-0.1, -0.05) is 43.5 Å². The van der Waals surface area contributed by atoms with Gasteiger partial charge in [0.25, 0.3) is 0 Å². The number of nitrogens with two attached hydrogens (primary N) is 1. The zero-order chi connectivity index (χ0) is 21.7. The van der Waals surface area contributed by atoms with Gasteiger partial charge < -0.3 is 21.3 Å². The van der Waals surface area contributed by atoms with E-state index in [-0.39, 0.29) is 29.5 Å². The number of hydrogen-bond acceptors (Lipinski definition) is 4. The highest BCUT2D eigenvalue weighted by Gasteiger charge is 2.42. The molecule has 1 heterocycles. The van der Waals surface area contributed by atoms with Crippen molar-refractivity contribution in [1.82, 2.24) is 15.5 Å². The van der Waals surface area contributed by atoms with E-state index in [1.54, 1.807) is 17.0 Å². The van der Waals surface area contributed by atoms with Gasteiger partial charge in [0.2, 0.25) is 17.7 Å². The highest BCUT2D eigenvalue weighted by molar-refractivity contribution is 5.95. The maximum atomic E-state index is 13.1. The lowest BCUT2D eigenvalue weighted by atomic mass is 9.82. The summed E-state index contributed by atoms with van der Waals surface area (Å²) in [5.74, 6) is -0.403. The minimum atomic E-state index is -0.544. The fourth-order valence-electron chi connectivity index (χ4n) is 4.28. The monoisotopic (exact) mass is 413 g/mol. The van der Waals surface area contributed by atoms with Crippen molar-refractivity contribution in [2.75, 3.05) is 6.54 Å². The first kappa shape index (κ1) is 21.8. The van der Waals surface area contributed by atoms with E-state index in [0.717, 1.165) is 31.2 Å². The number of amides is 3. The summed E-state index contributed by atoms with van der Waals surface area (Å²) in [7, 11) is 0. The number of nitrogens with zero attached hydrogens (tertiary/aromatic N) is 1. The lowest BCUT2D eigenvalue weighted by molar-refractivity contribution is -0.151. The minimum Gasteiger partial charge on any atom is -0.384 e. The maximum absolute atomic E-state index is 13.1. The van der Waals surface area contributed by atoms with Crippen molar-refractivity contribution in [1.29, 1.82) is 5.41 Å². The van der Waals surface area contributed by atoms with Crippen molar-refractivity contribution in [3.63, 3.8) is 0 Å². The van der Waals surface area contributed by atoms with E-state index in [1.165, 1.54) is 13.3 Å². The van der Waals surface area contributed by atoms with Crippen molar-refractivity contribution >= 4 is 23.6 Å². The Bertz CT molecular complexity index is 801. The van der Waals surface area contributed by atoms with E-state index < -0.39 is 12.1 Å². The number of benzene rings is 1. The summed E-state index contributed by atoms with van der Waals surface area (Å²) in [4.78, 5) is 39.1. The number of amidine groups is 1. The first-order chi connectivity index (χ1) is 14.4. The molecule has 2 fully saturated rings. The number of hydrogen-bond donors (Lipinski definition) is 4. The highest BCUT2D eigenvalue weighted by Crippen LogP contribution is 2.29. The molecule has 3 rings (SSSR count). The second-order valence-electron chi connectivity index (χ2n) is 8.24. The maximum Gasteiger partial charge on any atom is 0.246 e. The van der Waals surface area contributed by atoms with Crippen LogP contribution in [-0.2, 0) is 20.9 Å². The molecule has 8 heteroatoms. The zero-order valence-electron chi connectivity index (χ0n) is 17.4. The van der Waals surface area contributed by atoms with E-state index in [2.05, 4.69) is 10.6 Å². The van der Waals surface area contributed by atoms with Crippen LogP contribution in [0, 0.1) is 11.3 Å². The second-order valence-corrected chi connectivity index (χ2v) is 8.24. The van der Waals surface area contributed by atoms with Crippen LogP contribution in [0.5, 0.6) is 0 Å². The van der Waals surface area contributed by atoms with Crippen LogP contribution < -0.4 is 16.4 Å². The predicted molar refractivity (Wildman–Crippen MR) is 114 cm³/mol. The minimum absolute atomic E-state index is 0.000832. The molecule has 162 valence electrons. The van der Waals surface area contributed by atoms with Gasteiger partial charge >= 0.3 is 0 Å². The Hall–Kier alpha value is -2.90. The number of carbonyl (C=O) groups is 3. The summed E-state index contributed by atoms with van der Waals surface area (Å²) in [6.45, 7) is 2.31. The average molecular weight is 414 g/mol. The molecule has 2 atom stereocenters. The Morgan fingerprint density at radius 1 is 1.13 bits per heavy atom. The Morgan fingerprint density at radius 2 is 1.80 bits per heavy atom. The highest BCUT2D eigenvalue weighted by atomic mass is 16.2. The quantitative estimate of drug-likeness (QED) is 0.396. The normalized spacial score (nSPS) is 20.0. The number of rotatable bonds is 7. The predicted octanol–water partition coefficient (Wildman–Crippen LogP) is 1.27. The standard InChI is InChI=1S/C22H31N5O3/c1-14(28)26-19(16-5-3-2-4-6-16)22(30)27-12-11-18(27)21(29)25-13-15-7-9-17(10-8-15)20(23)24/h7-10,16,18-19H,2-6,11-13H2,1H3,(H3,23,24)(H,25,29)(H,26,28)/t18-,19+/m0/s1. The molecule has 30 heavy (non-hydrogen) atoms. The molecule has 2 aliphatic rings. The molecule has 0 unspecified atom stereocenters. The Morgan fingerprint density at radius 3 is 2.33 bits per heavy atom. The van der Waals surface area contributed by atoms with Gasteiger partial charge in [0, 0.05) is 25.6 Å². The third kappa shape index (κ3) is 5.17. The number of nitrogens with one attached hydrogen (secondary N) is 3. The smallest absolute Gasteiger partial charge is 0.246 e. The SMILES string of the molecule is CC(=O)N[C@@H](C(=O)N1CC[C@H]1C(=O)NCc1ccc(C(=N)N)cc1)C1CCCCC1. The van der Waals surface area contributed by atoms with Crippen LogP contribution in [0.2, 0.25) is 0 Å². The molecule has 0 radical (unpaired) electrons. The summed E-state index contributed by atoms with van der Waals surface area (Å²) < 4.78 is 0. The molecular weight excluding hydrogens is 382 g/mol. The summed E-state index contributed by atoms with van der Waals surface area (Å²) in [5.41, 5.74) is 6.98. The Kier molecular flexibility index (Phi) is 7.07. The van der Waals surface area contributed by atoms with Gasteiger partial charge in [0.1, 0.15) is 17.9 Å². The third-order valence-electron chi connectivity index (χ3n) is 6.08. The molecule has 8 nitrogen and oxygen atoms in total. The molecule has 1 saturated carbocycles. The summed E-state index contributed by atoms with van der Waals surface area (Å²) in [6.07, 6.45) is 5.79. The molecule has 5 N–H and O–H groups in total. The summed E-state index contributed by atoms with van der Waals surface area (Å²) in [6, 6.07) is 6.08. The average Bonchev–Trinajstić information content (AvgIpc) is 2.70. The summed E-state index contributed by atoms with van der Waals surface area (Å²) >= 11 is 0. The number of nitrogen functional groups attached to an aromatic ring is 1. The van der Waals surface area contributed by atoms with E-state index in [4.69, 9.17) is 11.1 Å². The van der Waals surface area contributed by atoms with E-state index >= 15 is 0 Å². The van der Waals surface area contributed by atoms with Crippen molar-refractivity contribution in [3.05, 3.63) is 35.4 Å². The molecule has 1 aliphatic carbocycles. The van der Waals surface area contributed by atoms with Crippen LogP contribution in [0.3, 0.4) is 0 Å². The Labute approximate surface area is 177 Å². The second kappa shape index (κ2) is 9.73. The van der Waals surface area contributed by atoms with Gasteiger partial charge in [0.15, 0.2) is 0 Å². The topological polar surface area (TPSA) is 128 Å². The van der Waals surface area contributed by atoms with Crippen molar-refractivity contribution < 1.29 is 14.4 Å². The molecule has 1 aromatic rings. The van der Waals surface area contributed by atoms with Gasteiger partial charge in [-0.2, -0.15) is 0 Å². The molecule has 0 aromatic heterocycles. The molecule has 1 saturated heterocycles. The van der Waals surface area contributed by atoms with Crippen molar-refractivity contribution in [2.45, 2.75) is 64.1 Å². The van der Waals surface area contributed by atoms with E-state index in [9.17, 15) is 14.4 Å². The molecule has 0 bridgehead atoms. The third-order valence-corrected chi connectivity index (χ3v) is 6.08. The van der Waals surface area contributed by atoms with Crippen LogP contribution in [0.1, 0.15) is 56.6 Å². The lowest BCUT2D eigenvalue weighted by Gasteiger charge is -2.43. The summed E-state index contributed by atoms with van der Waals surface area (Å²) in [5, 5.41) is 13.2. The van der Waals surface area contributed by atoms with Crippen molar-refractivity contribution in [2.24, 2.45) is 11.7 Å². The lowest BCUT2D eigenvalue weighted by Crippen LogP contribution is -2.63. The molecule has 1 aromatic carbocycles. The van der Waals surface area contributed by atoms with Crippen LogP contribution in [0.25, 0.3) is 0 Å². The molecule has 1 aliphatic heterocycles. The van der Waals surface area contributed by atoms with Gasteiger partial charge in [-0.15, -0.1) is 0 Å². The van der Waals surface area contributed by atoms with Gasteiger partial charge in [-0.25, -0.2) is 0 Å². The van der Waals surface area contributed by atoms with Crippen LogP contribution >= 0.6 is 0 Å². The van der Waals surface area contributed by atoms with Crippen LogP contribution in [-0.4, -0.2) is 47.1 Å². The number of likely N-dealkylation sites (tertiary alicyclic amines) is 1. The van der Waals surface area contributed by atoms with E-state index in [1.807, 2.05) is 12.1 Å². The Balaban J connectivity index is 1.58. The van der Waals surface area contributed by atoms with Crippen LogP contribution in [0.15, 0.2) is 24.3 Å². The van der Waals surface area contributed by atoms with Crippen LogP contribution in [0.4, 0.5) is 0 Å².